The number of hydrogen-bond acceptors (Lipinski definition) is 8. The van der Waals surface area contributed by atoms with Gasteiger partial charge in [0.05, 0.1) is 0 Å². The Bertz CT molecular complexity index is 266. The predicted molar refractivity (Wildman–Crippen MR) is 29.3 cm³/mol. The topological polar surface area (TPSA) is 104 Å². The Balaban J connectivity index is -0.000000605. The number of isocyanates is 2. The van der Waals surface area contributed by atoms with Gasteiger partial charge in [-0.25, -0.2) is 14.2 Å². The molecular formula is C2HFLiN2O6P. The summed E-state index contributed by atoms with van der Waals surface area (Å²) in [7, 11) is -4.76. The zero-order valence-corrected chi connectivity index (χ0v) is 7.06. The molecule has 11 heteroatoms. The van der Waals surface area contributed by atoms with Gasteiger partial charge in [-0.15, -0.1) is 0 Å². The van der Waals surface area contributed by atoms with Gasteiger partial charge in [0.15, 0.2) is 0 Å². The first-order valence-corrected chi connectivity index (χ1v) is 3.57. The van der Waals surface area contributed by atoms with Crippen molar-refractivity contribution in [3.8, 4) is 0 Å². The zero-order valence-electron chi connectivity index (χ0n) is 7.17. The van der Waals surface area contributed by atoms with Crippen LogP contribution in [0.3, 0.4) is 0 Å². The van der Waals surface area contributed by atoms with Crippen LogP contribution in [0.2, 0.25) is 0 Å². The summed E-state index contributed by atoms with van der Waals surface area (Å²) in [5, 5.41) is 4.44. The van der Waals surface area contributed by atoms with Crippen molar-refractivity contribution in [1.82, 2.24) is 0 Å². The van der Waals surface area contributed by atoms with Gasteiger partial charge in [-0.05, 0) is 4.53 Å². The maximum Gasteiger partial charge on any atom is 1.00 e. The maximum absolute atomic E-state index is 11.3. The molecule has 0 saturated carbocycles. The molecule has 0 rings (SSSR count). The number of halogens is 1. The minimum Gasteiger partial charge on any atom is -1.00 e. The van der Waals surface area contributed by atoms with Crippen LogP contribution >= 0.6 is 7.82 Å². The number of phosphoric acid groups is 1. The van der Waals surface area contributed by atoms with Crippen molar-refractivity contribution in [2.45, 2.75) is 0 Å². The van der Waals surface area contributed by atoms with Gasteiger partial charge in [-0.1, -0.05) is 4.73 Å². The zero-order chi connectivity index (χ0) is 9.45. The first-order valence-electron chi connectivity index (χ1n) is 2.11. The molecule has 0 bridgehead atoms. The molecule has 68 valence electrons. The largest absolute Gasteiger partial charge is 1.00 e. The Kier molecular flexibility index (Phi) is 8.66. The summed E-state index contributed by atoms with van der Waals surface area (Å²) in [5.41, 5.74) is 0. The first kappa shape index (κ1) is 14.6. The van der Waals surface area contributed by atoms with Gasteiger partial charge >= 0.3 is 26.7 Å². The first-order chi connectivity index (χ1) is 5.68. The van der Waals surface area contributed by atoms with E-state index in [0.717, 1.165) is 12.2 Å². The molecular weight excluding hydrogens is 205 g/mol. The third-order valence-corrected chi connectivity index (χ3v) is 1.17. The van der Waals surface area contributed by atoms with Gasteiger partial charge < -0.3 is 1.43 Å². The number of carbonyl (C=O) groups excluding carboxylic acids is 2. The van der Waals surface area contributed by atoms with E-state index in [0.29, 0.717) is 0 Å². The molecule has 0 atom stereocenters. The van der Waals surface area contributed by atoms with Crippen molar-refractivity contribution in [1.29, 1.82) is 0 Å². The fourth-order valence-corrected chi connectivity index (χ4v) is 0.520. The Morgan fingerprint density at radius 2 is 1.62 bits per heavy atom. The number of hydrogen-bond donors (Lipinski definition) is 0. The van der Waals surface area contributed by atoms with Crippen molar-refractivity contribution in [3.63, 3.8) is 0 Å². The molecule has 0 saturated heterocycles. The third-order valence-electron chi connectivity index (χ3n) is 0.441. The summed E-state index contributed by atoms with van der Waals surface area (Å²) < 4.78 is 31.4. The van der Waals surface area contributed by atoms with Crippen LogP contribution in [0.1, 0.15) is 1.43 Å². The van der Waals surface area contributed by atoms with E-state index in [-0.39, 0.29) is 20.3 Å². The van der Waals surface area contributed by atoms with Crippen LogP contribution in [0.15, 0.2) is 10.3 Å². The second kappa shape index (κ2) is 7.71. The number of nitrogens with zero attached hydrogens (tertiary/aromatic N) is 2. The van der Waals surface area contributed by atoms with Crippen molar-refractivity contribution in [2.24, 2.45) is 10.3 Å². The summed E-state index contributed by atoms with van der Waals surface area (Å²) in [6.45, 7) is 0. The van der Waals surface area contributed by atoms with E-state index in [2.05, 4.69) is 24.3 Å². The van der Waals surface area contributed by atoms with E-state index in [1.165, 1.54) is 0 Å². The third kappa shape index (κ3) is 6.26. The van der Waals surface area contributed by atoms with Gasteiger partial charge in [-0.3, -0.25) is 9.25 Å². The quantitative estimate of drug-likeness (QED) is 0.164. The molecule has 0 fully saturated rings. The summed E-state index contributed by atoms with van der Waals surface area (Å²) in [5.74, 6) is 0. The van der Waals surface area contributed by atoms with Gasteiger partial charge in [-0.2, -0.15) is 0 Å². The normalized spacial score (nSPS) is 12.1. The molecule has 0 aromatic rings. The van der Waals surface area contributed by atoms with Crippen molar-refractivity contribution in [3.05, 3.63) is 0 Å². The molecule has 13 heavy (non-hydrogen) atoms. The average Bonchev–Trinajstić information content (AvgIpc) is 2.11. The summed E-state index contributed by atoms with van der Waals surface area (Å²) in [6.07, 6.45) is 1.50. The predicted octanol–water partition coefficient (Wildman–Crippen LogP) is -2.35. The van der Waals surface area contributed by atoms with Crippen LogP contribution in [0.5, 0.6) is 0 Å². The minimum atomic E-state index is -4.76. The van der Waals surface area contributed by atoms with Crippen LogP contribution in [-0.2, 0) is 28.1 Å². The second-order valence-electron chi connectivity index (χ2n) is 1.04. The van der Waals surface area contributed by atoms with E-state index in [9.17, 15) is 18.7 Å². The molecule has 0 amide bonds. The van der Waals surface area contributed by atoms with E-state index in [1.807, 2.05) is 0 Å². The molecule has 0 aromatic carbocycles. The molecule has 0 aliphatic heterocycles. The molecule has 8 nitrogen and oxygen atoms in total. The molecule has 0 radical (unpaired) electrons. The summed E-state index contributed by atoms with van der Waals surface area (Å²) >= 11 is 0. The number of rotatable bonds is 5. The minimum absolute atomic E-state index is 0. The Morgan fingerprint density at radius 1 is 1.23 bits per heavy atom. The van der Waals surface area contributed by atoms with Crippen molar-refractivity contribution in [2.75, 3.05) is 0 Å². The van der Waals surface area contributed by atoms with Crippen molar-refractivity contribution < 1.29 is 52.9 Å². The van der Waals surface area contributed by atoms with Crippen LogP contribution < -0.4 is 18.9 Å². The average molecular weight is 206 g/mol. The van der Waals surface area contributed by atoms with Gasteiger partial charge in [0.25, 0.3) is 12.2 Å². The van der Waals surface area contributed by atoms with Gasteiger partial charge in [0, 0.05) is 10.3 Å². The summed E-state index contributed by atoms with van der Waals surface area (Å²) in [4.78, 5) is 18.7. The van der Waals surface area contributed by atoms with Gasteiger partial charge in [0.1, 0.15) is 0 Å². The molecule has 0 aromatic heterocycles. The van der Waals surface area contributed by atoms with Crippen LogP contribution in [0.4, 0.5) is 4.53 Å². The van der Waals surface area contributed by atoms with Gasteiger partial charge in [0.2, 0.25) is 0 Å². The van der Waals surface area contributed by atoms with Crippen molar-refractivity contribution >= 4 is 20.0 Å². The molecule has 0 heterocycles. The van der Waals surface area contributed by atoms with E-state index in [1.54, 1.807) is 0 Å². The monoisotopic (exact) mass is 206 g/mol. The second-order valence-corrected chi connectivity index (χ2v) is 2.40. The maximum atomic E-state index is 11.3. The smallest absolute Gasteiger partial charge is 1.00 e. The molecule has 0 aliphatic carbocycles. The van der Waals surface area contributed by atoms with E-state index >= 15 is 0 Å². The molecule has 0 spiro atoms. The van der Waals surface area contributed by atoms with Crippen LogP contribution in [0, 0.1) is 0 Å². The van der Waals surface area contributed by atoms with Crippen LogP contribution in [-0.4, -0.2) is 12.2 Å². The van der Waals surface area contributed by atoms with E-state index < -0.39 is 7.82 Å². The Morgan fingerprint density at radius 3 is 1.85 bits per heavy atom. The molecule has 0 aliphatic rings. The Hall–Kier alpha value is -0.923. The van der Waals surface area contributed by atoms with Crippen LogP contribution in [0.25, 0.3) is 0 Å². The SMILES string of the molecule is O=C=NOP(=O)(OF)ON=C=O.[H-].[Li+]. The van der Waals surface area contributed by atoms with E-state index in [4.69, 9.17) is 0 Å². The summed E-state index contributed by atoms with van der Waals surface area (Å²) in [6, 6.07) is 0. The standard InChI is InChI=1S/C2FN2O6P.Li.H/c3-9-12(8,10-4-1-6)11-5-2-7;;/q;+1;-1. The fourth-order valence-electron chi connectivity index (χ4n) is 0.173. The Labute approximate surface area is 83.9 Å². The molecule has 0 N–H and O–H groups in total. The fraction of sp³-hybridized carbons (Fsp3) is 0. The molecule has 0 unspecified atom stereocenters.